The minimum atomic E-state index is -4.52. The predicted octanol–water partition coefficient (Wildman–Crippen LogP) is 2.75. The SMILES string of the molecule is COc1ccc2oc(=O)c(S(=O)(=O)c3cc4cc(OC)ccc4oc3=O)cc2c1. The molecule has 0 radical (unpaired) electrons. The first-order chi connectivity index (χ1) is 13.8. The zero-order valence-electron chi connectivity index (χ0n) is 15.3. The highest BCUT2D eigenvalue weighted by Crippen LogP contribution is 2.26. The van der Waals surface area contributed by atoms with E-state index in [0.29, 0.717) is 22.3 Å². The van der Waals surface area contributed by atoms with Gasteiger partial charge in [-0.15, -0.1) is 0 Å². The van der Waals surface area contributed by atoms with Crippen LogP contribution in [0.25, 0.3) is 21.9 Å². The fourth-order valence-electron chi connectivity index (χ4n) is 2.91. The number of benzene rings is 2. The summed E-state index contributed by atoms with van der Waals surface area (Å²) in [7, 11) is -1.61. The molecular formula is C20H14O8S. The molecule has 8 nitrogen and oxygen atoms in total. The topological polar surface area (TPSA) is 113 Å². The van der Waals surface area contributed by atoms with Crippen LogP contribution in [0.4, 0.5) is 0 Å². The molecule has 29 heavy (non-hydrogen) atoms. The van der Waals surface area contributed by atoms with Crippen LogP contribution in [-0.4, -0.2) is 22.6 Å². The van der Waals surface area contributed by atoms with Crippen molar-refractivity contribution >= 4 is 31.8 Å². The van der Waals surface area contributed by atoms with E-state index in [-0.39, 0.29) is 11.2 Å². The molecule has 2 aromatic heterocycles. The van der Waals surface area contributed by atoms with Gasteiger partial charge < -0.3 is 18.3 Å². The molecule has 0 aliphatic carbocycles. The normalized spacial score (nSPS) is 11.7. The fourth-order valence-corrected chi connectivity index (χ4v) is 4.24. The molecule has 0 unspecified atom stereocenters. The fraction of sp³-hybridized carbons (Fsp3) is 0.100. The zero-order valence-corrected chi connectivity index (χ0v) is 16.1. The van der Waals surface area contributed by atoms with Crippen molar-refractivity contribution in [3.8, 4) is 11.5 Å². The average molecular weight is 414 g/mol. The van der Waals surface area contributed by atoms with E-state index in [4.69, 9.17) is 18.3 Å². The van der Waals surface area contributed by atoms with Crippen molar-refractivity contribution in [2.45, 2.75) is 9.79 Å². The van der Waals surface area contributed by atoms with Gasteiger partial charge in [0.05, 0.1) is 14.2 Å². The molecule has 0 aliphatic heterocycles. The lowest BCUT2D eigenvalue weighted by molar-refractivity contribution is 0.415. The Kier molecular flexibility index (Phi) is 4.39. The molecule has 0 saturated carbocycles. The van der Waals surface area contributed by atoms with E-state index in [2.05, 4.69) is 0 Å². The predicted molar refractivity (Wildman–Crippen MR) is 104 cm³/mol. The molecule has 0 aliphatic rings. The summed E-state index contributed by atoms with van der Waals surface area (Å²) >= 11 is 0. The van der Waals surface area contributed by atoms with Gasteiger partial charge in [0.15, 0.2) is 9.79 Å². The first kappa shape index (κ1) is 18.8. The van der Waals surface area contributed by atoms with Gasteiger partial charge in [-0.25, -0.2) is 18.0 Å². The van der Waals surface area contributed by atoms with Crippen molar-refractivity contribution in [1.29, 1.82) is 0 Å². The number of ether oxygens (including phenoxy) is 2. The van der Waals surface area contributed by atoms with Gasteiger partial charge in [-0.1, -0.05) is 0 Å². The van der Waals surface area contributed by atoms with Crippen LogP contribution in [0.3, 0.4) is 0 Å². The summed E-state index contributed by atoms with van der Waals surface area (Å²) in [4.78, 5) is 23.4. The average Bonchev–Trinajstić information content (AvgIpc) is 2.71. The Morgan fingerprint density at radius 1 is 0.690 bits per heavy atom. The van der Waals surface area contributed by atoms with Gasteiger partial charge in [-0.3, -0.25) is 0 Å². The van der Waals surface area contributed by atoms with E-state index in [1.807, 2.05) is 0 Å². The highest BCUT2D eigenvalue weighted by Gasteiger charge is 2.28. The van der Waals surface area contributed by atoms with E-state index in [9.17, 15) is 18.0 Å². The molecule has 0 fully saturated rings. The smallest absolute Gasteiger partial charge is 0.355 e. The molecule has 148 valence electrons. The second-order valence-corrected chi connectivity index (χ2v) is 7.99. The molecule has 0 bridgehead atoms. The summed E-state index contributed by atoms with van der Waals surface area (Å²) in [6.07, 6.45) is 0. The molecule has 0 amide bonds. The molecule has 0 N–H and O–H groups in total. The highest BCUT2D eigenvalue weighted by atomic mass is 32.2. The Balaban J connectivity index is 1.97. The lowest BCUT2D eigenvalue weighted by atomic mass is 10.2. The highest BCUT2D eigenvalue weighted by molar-refractivity contribution is 7.91. The van der Waals surface area contributed by atoms with Gasteiger partial charge in [0.2, 0.25) is 9.84 Å². The minimum absolute atomic E-state index is 0.185. The van der Waals surface area contributed by atoms with Crippen molar-refractivity contribution in [2.75, 3.05) is 14.2 Å². The van der Waals surface area contributed by atoms with E-state index in [1.54, 1.807) is 12.1 Å². The maximum Gasteiger partial charge on any atom is 0.355 e. The van der Waals surface area contributed by atoms with Crippen LogP contribution in [0.15, 0.2) is 76.7 Å². The van der Waals surface area contributed by atoms with Crippen LogP contribution in [0.5, 0.6) is 11.5 Å². The minimum Gasteiger partial charge on any atom is -0.497 e. The number of sulfone groups is 1. The Hall–Kier alpha value is -3.59. The lowest BCUT2D eigenvalue weighted by Crippen LogP contribution is -2.20. The van der Waals surface area contributed by atoms with Gasteiger partial charge >= 0.3 is 11.3 Å². The van der Waals surface area contributed by atoms with Gasteiger partial charge in [0, 0.05) is 10.8 Å². The van der Waals surface area contributed by atoms with Gasteiger partial charge in [-0.2, -0.15) is 0 Å². The molecule has 2 aromatic carbocycles. The molecule has 2 heterocycles. The summed E-state index contributed by atoms with van der Waals surface area (Å²) in [6, 6.07) is 11.5. The third kappa shape index (κ3) is 3.15. The van der Waals surface area contributed by atoms with Crippen LogP contribution in [0, 0.1) is 0 Å². The third-order valence-corrected chi connectivity index (χ3v) is 6.12. The molecule has 4 rings (SSSR count). The van der Waals surface area contributed by atoms with Gasteiger partial charge in [0.25, 0.3) is 0 Å². The van der Waals surface area contributed by atoms with E-state index in [0.717, 1.165) is 12.1 Å². The van der Waals surface area contributed by atoms with Crippen LogP contribution in [0.1, 0.15) is 0 Å². The van der Waals surface area contributed by atoms with Gasteiger partial charge in [-0.05, 0) is 48.5 Å². The van der Waals surface area contributed by atoms with Crippen molar-refractivity contribution in [2.24, 2.45) is 0 Å². The van der Waals surface area contributed by atoms with Crippen LogP contribution >= 0.6 is 0 Å². The van der Waals surface area contributed by atoms with Crippen LogP contribution in [0.2, 0.25) is 0 Å². The number of methoxy groups -OCH3 is 2. The number of hydrogen-bond donors (Lipinski definition) is 0. The number of rotatable bonds is 4. The molecule has 4 aromatic rings. The number of hydrogen-bond acceptors (Lipinski definition) is 8. The second kappa shape index (κ2) is 6.78. The van der Waals surface area contributed by atoms with Crippen LogP contribution in [-0.2, 0) is 9.84 Å². The van der Waals surface area contributed by atoms with Crippen molar-refractivity contribution in [3.63, 3.8) is 0 Å². The Morgan fingerprint density at radius 2 is 1.10 bits per heavy atom. The molecule has 0 spiro atoms. The monoisotopic (exact) mass is 414 g/mol. The summed E-state index contributed by atoms with van der Waals surface area (Å²) < 4.78 is 46.6. The van der Waals surface area contributed by atoms with E-state index >= 15 is 0 Å². The van der Waals surface area contributed by atoms with E-state index in [1.165, 1.54) is 38.5 Å². The van der Waals surface area contributed by atoms with Crippen LogP contribution < -0.4 is 20.7 Å². The lowest BCUT2D eigenvalue weighted by Gasteiger charge is -2.07. The Labute approximate surface area is 163 Å². The molecule has 0 atom stereocenters. The summed E-state index contributed by atoms with van der Waals surface area (Å²) in [5.41, 5.74) is -1.81. The maximum atomic E-state index is 13.1. The van der Waals surface area contributed by atoms with Crippen molar-refractivity contribution in [1.82, 2.24) is 0 Å². The first-order valence-corrected chi connectivity index (χ1v) is 9.81. The maximum absolute atomic E-state index is 13.1. The van der Waals surface area contributed by atoms with Gasteiger partial charge in [0.1, 0.15) is 22.7 Å². The molecular weight excluding hydrogens is 400 g/mol. The summed E-state index contributed by atoms with van der Waals surface area (Å²) in [5.74, 6) is 0.902. The quantitative estimate of drug-likeness (QED) is 0.469. The summed E-state index contributed by atoms with van der Waals surface area (Å²) in [6.45, 7) is 0. The Morgan fingerprint density at radius 3 is 1.48 bits per heavy atom. The van der Waals surface area contributed by atoms with Crippen molar-refractivity contribution < 1.29 is 26.7 Å². The van der Waals surface area contributed by atoms with E-state index < -0.39 is 30.9 Å². The third-order valence-electron chi connectivity index (χ3n) is 4.39. The second-order valence-electron chi connectivity index (χ2n) is 6.11. The standard InChI is InChI=1S/C20H14O8S/c1-25-13-3-5-15-11(7-13)9-17(19(21)27-15)29(23,24)18-10-12-8-14(26-2)4-6-16(12)28-20(18)22/h3-10H,1-2H3. The Bertz CT molecular complexity index is 1370. The number of fused-ring (bicyclic) bond motifs is 2. The van der Waals surface area contributed by atoms with Crippen molar-refractivity contribution in [3.05, 3.63) is 69.4 Å². The zero-order chi connectivity index (χ0) is 20.8. The molecule has 0 saturated heterocycles. The largest absolute Gasteiger partial charge is 0.497 e. The molecule has 9 heteroatoms. The summed E-state index contributed by atoms with van der Waals surface area (Å²) in [5, 5.41) is 0.656. The first-order valence-electron chi connectivity index (χ1n) is 8.32.